The van der Waals surface area contributed by atoms with Crippen molar-refractivity contribution < 1.29 is 24.7 Å². The van der Waals surface area contributed by atoms with Crippen LogP contribution in [0.4, 0.5) is 0 Å². The molecular formula is C14H15Zr. The second kappa shape index (κ2) is 6.03. The van der Waals surface area contributed by atoms with E-state index < -0.39 is 0 Å². The monoisotopic (exact) mass is 273 g/mol. The van der Waals surface area contributed by atoms with Gasteiger partial charge in [-0.05, 0) is 6.92 Å². The zero-order chi connectivity index (χ0) is 11.3. The van der Waals surface area contributed by atoms with E-state index in [0.29, 0.717) is 3.63 Å². The summed E-state index contributed by atoms with van der Waals surface area (Å²) in [6.07, 6.45) is 6.22. The summed E-state index contributed by atoms with van der Waals surface area (Å²) in [4.78, 5) is 0. The van der Waals surface area contributed by atoms with Crippen LogP contribution in [-0.4, -0.2) is 0 Å². The Hall–Kier alpha value is -0.677. The summed E-state index contributed by atoms with van der Waals surface area (Å²) >= 11 is 1.59. The van der Waals surface area contributed by atoms with E-state index in [0.717, 1.165) is 5.57 Å². The Morgan fingerprint density at radius 1 is 1.40 bits per heavy atom. The molecule has 1 aromatic rings. The fourth-order valence-electron chi connectivity index (χ4n) is 1.25. The van der Waals surface area contributed by atoms with Gasteiger partial charge in [-0.1, -0.05) is 24.8 Å². The van der Waals surface area contributed by atoms with Crippen molar-refractivity contribution in [1.82, 2.24) is 0 Å². The second-order valence-electron chi connectivity index (χ2n) is 3.52. The minimum absolute atomic E-state index is 0.711. The third-order valence-electron chi connectivity index (χ3n) is 2.15. The Kier molecular flexibility index (Phi) is 4.98. The molecule has 1 heteroatoms. The number of allylic oxidation sites excluding steroid dienone is 3. The molecule has 0 radical (unpaired) electrons. The van der Waals surface area contributed by atoms with Gasteiger partial charge in [0.15, 0.2) is 0 Å². The van der Waals surface area contributed by atoms with Crippen LogP contribution in [0.5, 0.6) is 0 Å². The molecule has 1 aliphatic rings. The van der Waals surface area contributed by atoms with Gasteiger partial charge in [0, 0.05) is 0 Å². The SMILES string of the molecule is C=CC(=C)C.[Zr][CH]1C=Cc2ccccc21. The maximum absolute atomic E-state index is 3.56. The van der Waals surface area contributed by atoms with E-state index >= 15 is 0 Å². The fourth-order valence-corrected chi connectivity index (χ4v) is 2.13. The van der Waals surface area contributed by atoms with Crippen LogP contribution in [0.15, 0.2) is 55.1 Å². The second-order valence-corrected chi connectivity index (χ2v) is 5.05. The van der Waals surface area contributed by atoms with Crippen LogP contribution >= 0.6 is 0 Å². The molecule has 1 aliphatic carbocycles. The van der Waals surface area contributed by atoms with E-state index in [1.54, 1.807) is 30.8 Å². The summed E-state index contributed by atoms with van der Waals surface area (Å²) in [7, 11) is 0. The van der Waals surface area contributed by atoms with E-state index in [1.807, 2.05) is 6.92 Å². The van der Waals surface area contributed by atoms with Gasteiger partial charge in [0.2, 0.25) is 0 Å². The van der Waals surface area contributed by atoms with Gasteiger partial charge in [-0.3, -0.25) is 0 Å². The van der Waals surface area contributed by atoms with Gasteiger partial charge in [0.05, 0.1) is 0 Å². The van der Waals surface area contributed by atoms with Gasteiger partial charge in [0.25, 0.3) is 0 Å². The normalized spacial score (nSPS) is 16.1. The molecule has 0 heterocycles. The molecule has 0 fully saturated rings. The van der Waals surface area contributed by atoms with Gasteiger partial charge in [-0.25, -0.2) is 0 Å². The van der Waals surface area contributed by atoms with Gasteiger partial charge in [-0.15, -0.1) is 0 Å². The van der Waals surface area contributed by atoms with Crippen molar-refractivity contribution in [2.75, 3.05) is 0 Å². The van der Waals surface area contributed by atoms with E-state index in [1.165, 1.54) is 11.1 Å². The molecule has 0 aromatic heterocycles. The molecule has 0 saturated heterocycles. The van der Waals surface area contributed by atoms with Crippen molar-refractivity contribution in [1.29, 1.82) is 0 Å². The van der Waals surface area contributed by atoms with Crippen molar-refractivity contribution in [3.8, 4) is 0 Å². The quantitative estimate of drug-likeness (QED) is 0.678. The van der Waals surface area contributed by atoms with Crippen molar-refractivity contribution in [3.63, 3.8) is 0 Å². The van der Waals surface area contributed by atoms with Crippen LogP contribution in [0.3, 0.4) is 0 Å². The van der Waals surface area contributed by atoms with Gasteiger partial charge < -0.3 is 0 Å². The molecule has 0 amide bonds. The molecule has 1 aromatic carbocycles. The zero-order valence-electron chi connectivity index (χ0n) is 9.03. The molecule has 0 spiro atoms. The van der Waals surface area contributed by atoms with Crippen LogP contribution < -0.4 is 0 Å². The Morgan fingerprint density at radius 2 is 2.00 bits per heavy atom. The van der Waals surface area contributed by atoms with Crippen molar-refractivity contribution in [3.05, 3.63) is 66.3 Å². The van der Waals surface area contributed by atoms with Crippen LogP contribution in [0, 0.1) is 0 Å². The number of hydrogen-bond donors (Lipinski definition) is 0. The average Bonchev–Trinajstić information content (AvgIpc) is 2.62. The maximum atomic E-state index is 3.56. The molecule has 0 nitrogen and oxygen atoms in total. The van der Waals surface area contributed by atoms with Crippen molar-refractivity contribution in [2.45, 2.75) is 10.5 Å². The predicted octanol–water partition coefficient (Wildman–Crippen LogP) is 4.05. The molecule has 0 N–H and O–H groups in total. The summed E-state index contributed by atoms with van der Waals surface area (Å²) in [6.45, 7) is 8.93. The predicted molar refractivity (Wildman–Crippen MR) is 63.2 cm³/mol. The standard InChI is InChI=1S/C9H7.C5H8.Zr/c1-2-5-9-7-3-6-8(9)4-1;1-4-5(2)3;/h1-7H;4H,1-2H2,3H3;. The molecule has 75 valence electrons. The molecule has 1 unspecified atom stereocenters. The summed E-state index contributed by atoms with van der Waals surface area (Å²) < 4.78 is 0.711. The topological polar surface area (TPSA) is 0 Å². The molecule has 0 saturated carbocycles. The van der Waals surface area contributed by atoms with Crippen LogP contribution in [0.2, 0.25) is 0 Å². The van der Waals surface area contributed by atoms with Crippen LogP contribution in [0.1, 0.15) is 21.7 Å². The molecular weight excluding hydrogens is 259 g/mol. The van der Waals surface area contributed by atoms with E-state index in [2.05, 4.69) is 49.6 Å². The first-order valence-corrected chi connectivity index (χ1v) is 6.33. The van der Waals surface area contributed by atoms with Crippen LogP contribution in [0.25, 0.3) is 6.08 Å². The number of benzene rings is 1. The first kappa shape index (κ1) is 12.4. The Bertz CT molecular complexity index is 388. The summed E-state index contributed by atoms with van der Waals surface area (Å²) in [6, 6.07) is 8.60. The van der Waals surface area contributed by atoms with Crippen molar-refractivity contribution in [2.24, 2.45) is 0 Å². The Balaban J connectivity index is 0.000000195. The van der Waals surface area contributed by atoms with Gasteiger partial charge in [-0.2, -0.15) is 0 Å². The van der Waals surface area contributed by atoms with Gasteiger partial charge >= 0.3 is 75.9 Å². The Morgan fingerprint density at radius 3 is 2.53 bits per heavy atom. The molecule has 0 aliphatic heterocycles. The summed E-state index contributed by atoms with van der Waals surface area (Å²) in [5, 5.41) is 0. The Labute approximate surface area is 107 Å². The van der Waals surface area contributed by atoms with Crippen molar-refractivity contribution >= 4 is 6.08 Å². The minimum atomic E-state index is 0.711. The van der Waals surface area contributed by atoms with Gasteiger partial charge in [0.1, 0.15) is 0 Å². The molecule has 15 heavy (non-hydrogen) atoms. The zero-order valence-corrected chi connectivity index (χ0v) is 11.5. The first-order chi connectivity index (χ1) is 7.15. The molecule has 0 bridgehead atoms. The van der Waals surface area contributed by atoms with Crippen LogP contribution in [-0.2, 0) is 24.7 Å². The third-order valence-corrected chi connectivity index (χ3v) is 3.39. The third kappa shape index (κ3) is 3.76. The number of fused-ring (bicyclic) bond motifs is 1. The van der Waals surface area contributed by atoms with E-state index in [-0.39, 0.29) is 0 Å². The molecule has 1 atom stereocenters. The fraction of sp³-hybridized carbons (Fsp3) is 0.143. The summed E-state index contributed by atoms with van der Waals surface area (Å²) in [5.41, 5.74) is 3.93. The van der Waals surface area contributed by atoms with E-state index in [9.17, 15) is 0 Å². The first-order valence-electron chi connectivity index (χ1n) is 4.91. The number of rotatable bonds is 1. The summed E-state index contributed by atoms with van der Waals surface area (Å²) in [5.74, 6) is 0. The number of hydrogen-bond acceptors (Lipinski definition) is 0. The average molecular weight is 274 g/mol. The molecule has 2 rings (SSSR count). The van der Waals surface area contributed by atoms with E-state index in [4.69, 9.17) is 0 Å².